The summed E-state index contributed by atoms with van der Waals surface area (Å²) in [6.07, 6.45) is 13.4. The average Bonchev–Trinajstić information content (AvgIpc) is 3.44. The molecule has 2 fully saturated rings. The van der Waals surface area contributed by atoms with Gasteiger partial charge in [-0.1, -0.05) is 89.3 Å². The lowest BCUT2D eigenvalue weighted by molar-refractivity contribution is -0.202. The van der Waals surface area contributed by atoms with Crippen LogP contribution in [0.5, 0.6) is 5.75 Å². The monoisotopic (exact) mass is 823 g/mol. The molecule has 13 nitrogen and oxygen atoms in total. The van der Waals surface area contributed by atoms with Crippen molar-refractivity contribution in [2.75, 3.05) is 0 Å². The fraction of sp³-hybridized carbons (Fsp3) is 0.512. The summed E-state index contributed by atoms with van der Waals surface area (Å²) in [5.41, 5.74) is 8.02. The maximum atomic E-state index is 14.4. The molecule has 1 saturated carbocycles. The zero-order valence-corrected chi connectivity index (χ0v) is 33.3. The van der Waals surface area contributed by atoms with Crippen LogP contribution in [0.1, 0.15) is 146 Å². The lowest BCUT2D eigenvalue weighted by Gasteiger charge is -2.51. The van der Waals surface area contributed by atoms with E-state index in [0.29, 0.717) is 25.0 Å². The number of esters is 2. The summed E-state index contributed by atoms with van der Waals surface area (Å²) >= 11 is 0. The molecule has 0 spiro atoms. The Morgan fingerprint density at radius 3 is 2.22 bits per heavy atom. The van der Waals surface area contributed by atoms with Crippen LogP contribution in [0.3, 0.4) is 0 Å². The first-order valence-corrected chi connectivity index (χ1v) is 20.5. The molecule has 3 aromatic rings. The molecular formula is C43H52F3N5O8. The zero-order chi connectivity index (χ0) is 42.3. The van der Waals surface area contributed by atoms with Crippen molar-refractivity contribution in [2.45, 2.75) is 141 Å². The number of nitrogens with one attached hydrogen (secondary N) is 1. The maximum absolute atomic E-state index is 14.4. The van der Waals surface area contributed by atoms with Crippen molar-refractivity contribution in [3.63, 3.8) is 0 Å². The SMILES string of the molecule is CCCCCCCCCCCCCC(=O)OCc1ccccc1C(=O)Oc1c2n(cc(C(=O)NCc3c(F)cc(F)cc3F)c1=O)C[C@H]1O[C@]3(N)CC[C@@](N)(C3)N1C2=O. The van der Waals surface area contributed by atoms with Gasteiger partial charge in [0.05, 0.1) is 17.8 Å². The van der Waals surface area contributed by atoms with Crippen LogP contribution >= 0.6 is 0 Å². The minimum absolute atomic E-state index is 0.0771. The van der Waals surface area contributed by atoms with E-state index >= 15 is 0 Å². The van der Waals surface area contributed by atoms with Crippen molar-refractivity contribution < 1.29 is 46.6 Å². The van der Waals surface area contributed by atoms with Gasteiger partial charge in [-0.25, -0.2) is 18.0 Å². The van der Waals surface area contributed by atoms with Gasteiger partial charge in [-0.3, -0.25) is 24.1 Å². The fourth-order valence-electron chi connectivity index (χ4n) is 8.20. The lowest BCUT2D eigenvalue weighted by atomic mass is 10.00. The first kappa shape index (κ1) is 43.5. The number of benzene rings is 2. The Bertz CT molecular complexity index is 2110. The third kappa shape index (κ3) is 10.0. The maximum Gasteiger partial charge on any atom is 0.344 e. The molecule has 1 aliphatic carbocycles. The van der Waals surface area contributed by atoms with E-state index < -0.39 is 93.4 Å². The molecule has 1 saturated heterocycles. The summed E-state index contributed by atoms with van der Waals surface area (Å²) in [6.45, 7) is 0.968. The Hall–Kier alpha value is -5.06. The number of aromatic nitrogens is 1. The molecule has 3 heterocycles. The van der Waals surface area contributed by atoms with Crippen molar-refractivity contribution in [3.05, 3.63) is 98.2 Å². The molecule has 5 N–H and O–H groups in total. The summed E-state index contributed by atoms with van der Waals surface area (Å²) in [7, 11) is 0. The number of nitrogens with two attached hydrogens (primary N) is 2. The zero-order valence-electron chi connectivity index (χ0n) is 33.3. The summed E-state index contributed by atoms with van der Waals surface area (Å²) < 4.78 is 60.8. The number of hydrogen-bond donors (Lipinski definition) is 3. The van der Waals surface area contributed by atoms with E-state index in [1.807, 2.05) is 0 Å². The van der Waals surface area contributed by atoms with Crippen LogP contribution in [0.25, 0.3) is 0 Å². The van der Waals surface area contributed by atoms with Gasteiger partial charge < -0.3 is 35.6 Å². The van der Waals surface area contributed by atoms with Crippen LogP contribution in [-0.4, -0.2) is 50.8 Å². The number of halogens is 3. The Kier molecular flexibility index (Phi) is 13.9. The Morgan fingerprint density at radius 2 is 1.54 bits per heavy atom. The second-order valence-corrected chi connectivity index (χ2v) is 15.8. The number of fused-ring (bicyclic) bond motifs is 5. The van der Waals surface area contributed by atoms with E-state index in [9.17, 15) is 37.1 Å². The highest BCUT2D eigenvalue weighted by Gasteiger charge is 2.59. The molecule has 2 aromatic carbocycles. The first-order chi connectivity index (χ1) is 28.2. The predicted octanol–water partition coefficient (Wildman–Crippen LogP) is 6.47. The molecule has 2 amide bonds. The van der Waals surface area contributed by atoms with Crippen molar-refractivity contribution in [1.82, 2.24) is 14.8 Å². The molecule has 318 valence electrons. The van der Waals surface area contributed by atoms with Gasteiger partial charge in [-0.05, 0) is 25.3 Å². The largest absolute Gasteiger partial charge is 0.461 e. The minimum Gasteiger partial charge on any atom is -0.461 e. The molecule has 0 radical (unpaired) electrons. The Balaban J connectivity index is 1.17. The van der Waals surface area contributed by atoms with E-state index in [2.05, 4.69) is 12.2 Å². The van der Waals surface area contributed by atoms with E-state index in [4.69, 9.17) is 25.7 Å². The van der Waals surface area contributed by atoms with Gasteiger partial charge in [-0.2, -0.15) is 0 Å². The van der Waals surface area contributed by atoms with Gasteiger partial charge in [0.2, 0.25) is 11.2 Å². The number of pyridine rings is 1. The van der Waals surface area contributed by atoms with Crippen molar-refractivity contribution in [1.29, 1.82) is 0 Å². The van der Waals surface area contributed by atoms with Gasteiger partial charge in [0.1, 0.15) is 35.3 Å². The molecule has 6 rings (SSSR count). The normalized spacial score (nSPS) is 20.5. The molecule has 16 heteroatoms. The van der Waals surface area contributed by atoms with Crippen molar-refractivity contribution in [2.24, 2.45) is 11.5 Å². The number of carbonyl (C=O) groups is 4. The number of rotatable bonds is 19. The van der Waals surface area contributed by atoms with Crippen LogP contribution in [0, 0.1) is 17.5 Å². The topological polar surface area (TPSA) is 185 Å². The van der Waals surface area contributed by atoms with Crippen LogP contribution < -0.4 is 26.9 Å². The second-order valence-electron chi connectivity index (χ2n) is 15.8. The van der Waals surface area contributed by atoms with Crippen LogP contribution in [0.4, 0.5) is 13.2 Å². The minimum atomic E-state index is -1.26. The average molecular weight is 824 g/mol. The molecule has 0 unspecified atom stereocenters. The molecule has 3 aliphatic rings. The second kappa shape index (κ2) is 18.9. The smallest absolute Gasteiger partial charge is 0.344 e. The fourth-order valence-corrected chi connectivity index (χ4v) is 8.20. The molecular weight excluding hydrogens is 771 g/mol. The van der Waals surface area contributed by atoms with E-state index in [1.165, 1.54) is 66.5 Å². The van der Waals surface area contributed by atoms with Gasteiger partial charge in [0, 0.05) is 48.8 Å². The molecule has 59 heavy (non-hydrogen) atoms. The standard InChI is InChI=1S/C43H52F3N5O8/c1-2-3-4-5-6-7-8-9-10-11-12-17-35(52)57-25-27-15-13-14-16-29(27)41(56)58-38-36-40(55)51-34(59-43(48)19-18-42(51,47)26-43)24-50(36)23-31(37(38)53)39(54)49-22-30-32(45)20-28(44)21-33(30)46/h13-16,20-21,23,34H,2-12,17-19,22,24-26,47-48H2,1H3,(H,49,54)/t34-,42+,43-/m1/s1. The summed E-state index contributed by atoms with van der Waals surface area (Å²) in [6, 6.07) is 6.98. The quantitative estimate of drug-likeness (QED) is 0.0895. The highest BCUT2D eigenvalue weighted by atomic mass is 19.1. The highest BCUT2D eigenvalue weighted by Crippen LogP contribution is 2.47. The van der Waals surface area contributed by atoms with Gasteiger partial charge >= 0.3 is 11.9 Å². The highest BCUT2D eigenvalue weighted by molar-refractivity contribution is 6.01. The van der Waals surface area contributed by atoms with E-state index in [0.717, 1.165) is 25.5 Å². The Morgan fingerprint density at radius 1 is 0.898 bits per heavy atom. The number of ether oxygens (including phenoxy) is 3. The van der Waals surface area contributed by atoms with Crippen LogP contribution in [0.2, 0.25) is 0 Å². The van der Waals surface area contributed by atoms with Gasteiger partial charge in [-0.15, -0.1) is 0 Å². The first-order valence-electron chi connectivity index (χ1n) is 20.5. The number of unbranched alkanes of at least 4 members (excludes halogenated alkanes) is 10. The number of amides is 2. The van der Waals surface area contributed by atoms with Crippen LogP contribution in [0.15, 0.2) is 47.4 Å². The van der Waals surface area contributed by atoms with Crippen molar-refractivity contribution >= 4 is 23.8 Å². The molecule has 2 bridgehead atoms. The predicted molar refractivity (Wildman–Crippen MR) is 209 cm³/mol. The van der Waals surface area contributed by atoms with Crippen molar-refractivity contribution in [3.8, 4) is 5.75 Å². The molecule has 3 atom stereocenters. The third-order valence-corrected chi connectivity index (χ3v) is 11.3. The summed E-state index contributed by atoms with van der Waals surface area (Å²) in [5.74, 6) is -7.99. The summed E-state index contributed by atoms with van der Waals surface area (Å²) in [4.78, 5) is 69.7. The molecule has 2 aliphatic heterocycles. The van der Waals surface area contributed by atoms with Crippen LogP contribution in [-0.2, 0) is 34.0 Å². The molecule has 1 aromatic heterocycles. The van der Waals surface area contributed by atoms with E-state index in [1.54, 1.807) is 12.1 Å². The lowest BCUT2D eigenvalue weighted by Crippen LogP contribution is -2.70. The third-order valence-electron chi connectivity index (χ3n) is 11.3. The summed E-state index contributed by atoms with van der Waals surface area (Å²) in [5, 5.41) is 2.24. The number of nitrogens with zero attached hydrogens (tertiary/aromatic N) is 2. The van der Waals surface area contributed by atoms with Gasteiger partial charge in [0.15, 0.2) is 11.9 Å². The Labute approximate surface area is 340 Å². The number of hydrogen-bond acceptors (Lipinski definition) is 10. The van der Waals surface area contributed by atoms with E-state index in [-0.39, 0.29) is 43.5 Å². The number of carbonyl (C=O) groups excluding carboxylic acids is 4. The van der Waals surface area contributed by atoms with Gasteiger partial charge in [0.25, 0.3) is 11.8 Å².